The SMILES string of the molecule is Cl.Cn1nnnc1SCCCC(=O)NCCCOc1cccc(CN2CCCCC2)c1. The molecular weight excluding hydrogens is 436 g/mol. The molecule has 10 heteroatoms. The third-order valence-electron chi connectivity index (χ3n) is 5.03. The van der Waals surface area contributed by atoms with E-state index in [0.29, 0.717) is 19.6 Å². The van der Waals surface area contributed by atoms with Crippen molar-refractivity contribution in [1.29, 1.82) is 0 Å². The molecule has 1 amide bonds. The summed E-state index contributed by atoms with van der Waals surface area (Å²) >= 11 is 1.56. The molecule has 172 valence electrons. The summed E-state index contributed by atoms with van der Waals surface area (Å²) in [7, 11) is 1.81. The lowest BCUT2D eigenvalue weighted by atomic mass is 10.1. The number of amides is 1. The molecule has 0 radical (unpaired) electrons. The van der Waals surface area contributed by atoms with Crippen LogP contribution in [-0.2, 0) is 18.4 Å². The molecule has 1 aromatic heterocycles. The minimum atomic E-state index is 0. The Hall–Kier alpha value is -1.84. The Morgan fingerprint density at radius 3 is 2.84 bits per heavy atom. The number of carbonyl (C=O) groups excluding carboxylic acids is 1. The smallest absolute Gasteiger partial charge is 0.220 e. The van der Waals surface area contributed by atoms with Crippen LogP contribution in [0.1, 0.15) is 44.1 Å². The van der Waals surface area contributed by atoms with Crippen LogP contribution >= 0.6 is 24.2 Å². The lowest BCUT2D eigenvalue weighted by Crippen LogP contribution is -2.29. The number of halogens is 1. The largest absolute Gasteiger partial charge is 0.494 e. The minimum absolute atomic E-state index is 0. The summed E-state index contributed by atoms with van der Waals surface area (Å²) < 4.78 is 7.51. The number of likely N-dealkylation sites (tertiary alicyclic amines) is 1. The number of rotatable bonds is 12. The summed E-state index contributed by atoms with van der Waals surface area (Å²) in [5.74, 6) is 1.81. The highest BCUT2D eigenvalue weighted by Crippen LogP contribution is 2.18. The van der Waals surface area contributed by atoms with Crippen LogP contribution in [0, 0.1) is 0 Å². The van der Waals surface area contributed by atoms with Crippen LogP contribution in [0.15, 0.2) is 29.4 Å². The average molecular weight is 469 g/mol. The molecule has 1 aliphatic rings. The van der Waals surface area contributed by atoms with Crippen molar-refractivity contribution in [3.63, 3.8) is 0 Å². The van der Waals surface area contributed by atoms with Crippen LogP contribution in [-0.4, -0.2) is 63.0 Å². The van der Waals surface area contributed by atoms with Gasteiger partial charge in [0, 0.05) is 32.3 Å². The van der Waals surface area contributed by atoms with Crippen molar-refractivity contribution in [2.24, 2.45) is 7.05 Å². The normalized spacial score (nSPS) is 14.1. The van der Waals surface area contributed by atoms with Gasteiger partial charge in [0.15, 0.2) is 0 Å². The van der Waals surface area contributed by atoms with Crippen LogP contribution in [0.25, 0.3) is 0 Å². The Kier molecular flexibility index (Phi) is 11.7. The predicted octanol–water partition coefficient (Wildman–Crippen LogP) is 3.08. The number of aryl methyl sites for hydroxylation is 1. The summed E-state index contributed by atoms with van der Waals surface area (Å²) in [5, 5.41) is 15.0. The maximum absolute atomic E-state index is 11.9. The molecule has 0 unspecified atom stereocenters. The molecule has 1 aromatic carbocycles. The topological polar surface area (TPSA) is 85.2 Å². The van der Waals surface area contributed by atoms with Gasteiger partial charge in [-0.1, -0.05) is 30.3 Å². The van der Waals surface area contributed by atoms with Gasteiger partial charge in [0.2, 0.25) is 11.1 Å². The van der Waals surface area contributed by atoms with Gasteiger partial charge in [-0.05, 0) is 66.9 Å². The molecular formula is C21H33ClN6O2S. The number of hydrogen-bond acceptors (Lipinski definition) is 7. The van der Waals surface area contributed by atoms with Crippen molar-refractivity contribution < 1.29 is 9.53 Å². The Morgan fingerprint density at radius 2 is 2.06 bits per heavy atom. The second-order valence-electron chi connectivity index (χ2n) is 7.57. The number of piperidine rings is 1. The highest BCUT2D eigenvalue weighted by atomic mass is 35.5. The van der Waals surface area contributed by atoms with Gasteiger partial charge in [-0.2, -0.15) is 0 Å². The van der Waals surface area contributed by atoms with Crippen molar-refractivity contribution in [1.82, 2.24) is 30.4 Å². The predicted molar refractivity (Wildman–Crippen MR) is 125 cm³/mol. The number of nitrogens with zero attached hydrogens (tertiary/aromatic N) is 5. The third-order valence-corrected chi connectivity index (χ3v) is 6.12. The first kappa shape index (κ1) is 25.4. The van der Waals surface area contributed by atoms with Gasteiger partial charge in [0.25, 0.3) is 0 Å². The molecule has 0 spiro atoms. The summed E-state index contributed by atoms with van der Waals surface area (Å²) in [4.78, 5) is 14.4. The Bertz CT molecular complexity index is 785. The molecule has 1 fully saturated rings. The van der Waals surface area contributed by atoms with Crippen LogP contribution in [0.3, 0.4) is 0 Å². The number of aromatic nitrogens is 4. The lowest BCUT2D eigenvalue weighted by Gasteiger charge is -2.26. The van der Waals surface area contributed by atoms with E-state index in [0.717, 1.165) is 36.0 Å². The summed E-state index contributed by atoms with van der Waals surface area (Å²) in [6.45, 7) is 4.62. The number of hydrogen-bond donors (Lipinski definition) is 1. The van der Waals surface area contributed by atoms with Crippen molar-refractivity contribution in [2.45, 2.75) is 50.2 Å². The second-order valence-corrected chi connectivity index (χ2v) is 8.64. The number of nitrogens with one attached hydrogen (secondary N) is 1. The zero-order valence-corrected chi connectivity index (χ0v) is 19.8. The van der Waals surface area contributed by atoms with Gasteiger partial charge in [0.05, 0.1) is 6.61 Å². The van der Waals surface area contributed by atoms with E-state index >= 15 is 0 Å². The molecule has 2 heterocycles. The van der Waals surface area contributed by atoms with Crippen molar-refractivity contribution >= 4 is 30.1 Å². The molecule has 1 N–H and O–H groups in total. The molecule has 0 saturated carbocycles. The number of tetrazole rings is 1. The first-order valence-electron chi connectivity index (χ1n) is 10.8. The fraction of sp³-hybridized carbons (Fsp3) is 0.619. The van der Waals surface area contributed by atoms with Gasteiger partial charge in [-0.25, -0.2) is 4.68 Å². The van der Waals surface area contributed by atoms with Gasteiger partial charge in [-0.15, -0.1) is 17.5 Å². The molecule has 1 aliphatic heterocycles. The van der Waals surface area contributed by atoms with E-state index in [1.165, 1.54) is 37.9 Å². The fourth-order valence-electron chi connectivity index (χ4n) is 3.43. The first-order chi connectivity index (χ1) is 14.7. The van der Waals surface area contributed by atoms with E-state index in [1.54, 1.807) is 16.4 Å². The number of benzene rings is 1. The van der Waals surface area contributed by atoms with E-state index in [4.69, 9.17) is 4.74 Å². The molecule has 8 nitrogen and oxygen atoms in total. The van der Waals surface area contributed by atoms with E-state index in [-0.39, 0.29) is 18.3 Å². The van der Waals surface area contributed by atoms with E-state index < -0.39 is 0 Å². The maximum atomic E-state index is 11.9. The Balaban J connectivity index is 0.00000341. The molecule has 31 heavy (non-hydrogen) atoms. The number of thioether (sulfide) groups is 1. The minimum Gasteiger partial charge on any atom is -0.494 e. The maximum Gasteiger partial charge on any atom is 0.220 e. The fourth-order valence-corrected chi connectivity index (χ4v) is 4.22. The zero-order valence-electron chi connectivity index (χ0n) is 18.2. The highest BCUT2D eigenvalue weighted by Gasteiger charge is 2.10. The molecule has 0 aliphatic carbocycles. The Labute approximate surface area is 194 Å². The van der Waals surface area contributed by atoms with Crippen LogP contribution in [0.5, 0.6) is 5.75 Å². The van der Waals surface area contributed by atoms with Crippen molar-refractivity contribution in [3.05, 3.63) is 29.8 Å². The van der Waals surface area contributed by atoms with Crippen molar-refractivity contribution in [2.75, 3.05) is 32.0 Å². The summed E-state index contributed by atoms with van der Waals surface area (Å²) in [6, 6.07) is 8.37. The lowest BCUT2D eigenvalue weighted by molar-refractivity contribution is -0.121. The van der Waals surface area contributed by atoms with Crippen LogP contribution in [0.2, 0.25) is 0 Å². The summed E-state index contributed by atoms with van der Waals surface area (Å²) in [6.07, 6.45) is 6.07. The standard InChI is InChI=1S/C21H32N6O2S.ClH/c1-26-21(23-24-25-26)30-15-6-10-20(28)22-11-7-14-29-19-9-5-8-18(16-19)17-27-12-3-2-4-13-27;/h5,8-9,16H,2-4,6-7,10-15,17H2,1H3,(H,22,28);1H. The van der Waals surface area contributed by atoms with E-state index in [2.05, 4.69) is 43.9 Å². The number of ether oxygens (including phenoxy) is 1. The number of carbonyl (C=O) groups is 1. The molecule has 0 atom stereocenters. The monoisotopic (exact) mass is 468 g/mol. The second kappa shape index (κ2) is 14.3. The van der Waals surface area contributed by atoms with E-state index in [1.807, 2.05) is 13.1 Å². The van der Waals surface area contributed by atoms with Gasteiger partial charge in [-0.3, -0.25) is 9.69 Å². The average Bonchev–Trinajstić information content (AvgIpc) is 3.17. The van der Waals surface area contributed by atoms with Crippen molar-refractivity contribution in [3.8, 4) is 5.75 Å². The van der Waals surface area contributed by atoms with Crippen LogP contribution in [0.4, 0.5) is 0 Å². The highest BCUT2D eigenvalue weighted by molar-refractivity contribution is 7.99. The molecule has 0 bridgehead atoms. The van der Waals surface area contributed by atoms with Gasteiger partial charge in [0.1, 0.15) is 5.75 Å². The zero-order chi connectivity index (χ0) is 21.0. The van der Waals surface area contributed by atoms with E-state index in [9.17, 15) is 4.79 Å². The summed E-state index contributed by atoms with van der Waals surface area (Å²) in [5.41, 5.74) is 1.30. The molecule has 3 rings (SSSR count). The van der Waals surface area contributed by atoms with Crippen LogP contribution < -0.4 is 10.1 Å². The third kappa shape index (κ3) is 9.45. The Morgan fingerprint density at radius 1 is 1.23 bits per heavy atom. The quantitative estimate of drug-likeness (QED) is 0.378. The molecule has 2 aromatic rings. The first-order valence-corrected chi connectivity index (χ1v) is 11.8. The van der Waals surface area contributed by atoms with Gasteiger partial charge < -0.3 is 10.1 Å². The molecule has 1 saturated heterocycles. The van der Waals surface area contributed by atoms with Gasteiger partial charge >= 0.3 is 0 Å².